The Kier molecular flexibility index (Phi) is 5.09. The van der Waals surface area contributed by atoms with Gasteiger partial charge in [-0.25, -0.2) is 4.39 Å². The molecule has 0 saturated heterocycles. The zero-order valence-corrected chi connectivity index (χ0v) is 10.6. The van der Waals surface area contributed by atoms with Crippen LogP contribution >= 0.6 is 0 Å². The second-order valence-electron chi connectivity index (χ2n) is 4.53. The van der Waals surface area contributed by atoms with Crippen molar-refractivity contribution < 1.29 is 19.4 Å². The standard InChI is InChI=1S/C13H18FNO3/c1-9(2)15(4-3-13(17)18)8-10-5-11(14)7-12(16)6-10/h5-7,9,16H,3-4,8H2,1-2H3,(H,17,18). The van der Waals surface area contributed by atoms with Gasteiger partial charge in [0, 0.05) is 25.2 Å². The lowest BCUT2D eigenvalue weighted by atomic mass is 10.1. The van der Waals surface area contributed by atoms with Gasteiger partial charge < -0.3 is 10.2 Å². The maximum atomic E-state index is 13.1. The lowest BCUT2D eigenvalue weighted by Crippen LogP contribution is -2.32. The van der Waals surface area contributed by atoms with Gasteiger partial charge in [0.25, 0.3) is 0 Å². The van der Waals surface area contributed by atoms with Crippen LogP contribution in [0.25, 0.3) is 0 Å². The fraction of sp³-hybridized carbons (Fsp3) is 0.462. The van der Waals surface area contributed by atoms with Crippen LogP contribution < -0.4 is 0 Å². The Bertz CT molecular complexity index is 400. The summed E-state index contributed by atoms with van der Waals surface area (Å²) in [5.41, 5.74) is 0.631. The van der Waals surface area contributed by atoms with E-state index >= 15 is 0 Å². The van der Waals surface area contributed by atoms with Gasteiger partial charge in [-0.15, -0.1) is 0 Å². The van der Waals surface area contributed by atoms with Crippen LogP contribution in [-0.2, 0) is 11.3 Å². The van der Waals surface area contributed by atoms with Crippen LogP contribution in [0.3, 0.4) is 0 Å². The topological polar surface area (TPSA) is 60.8 Å². The number of carboxylic acids is 1. The first-order chi connectivity index (χ1) is 8.38. The molecule has 0 atom stereocenters. The molecule has 0 aliphatic rings. The molecular formula is C13H18FNO3. The average molecular weight is 255 g/mol. The second-order valence-corrected chi connectivity index (χ2v) is 4.53. The predicted octanol–water partition coefficient (Wildman–Crippen LogP) is 2.22. The third-order valence-corrected chi connectivity index (χ3v) is 2.67. The van der Waals surface area contributed by atoms with Crippen molar-refractivity contribution in [3.8, 4) is 5.75 Å². The number of aliphatic carboxylic acids is 1. The van der Waals surface area contributed by atoms with Crippen molar-refractivity contribution in [1.82, 2.24) is 4.90 Å². The number of carboxylic acid groups (broad SMARTS) is 1. The van der Waals surface area contributed by atoms with Gasteiger partial charge in [-0.1, -0.05) is 0 Å². The van der Waals surface area contributed by atoms with Crippen molar-refractivity contribution >= 4 is 5.97 Å². The fourth-order valence-corrected chi connectivity index (χ4v) is 1.72. The van der Waals surface area contributed by atoms with E-state index in [0.717, 1.165) is 6.07 Å². The molecule has 0 aliphatic carbocycles. The Balaban J connectivity index is 2.73. The highest BCUT2D eigenvalue weighted by Gasteiger charge is 2.12. The van der Waals surface area contributed by atoms with Crippen molar-refractivity contribution in [3.05, 3.63) is 29.6 Å². The molecule has 0 spiro atoms. The van der Waals surface area contributed by atoms with Gasteiger partial charge in [0.05, 0.1) is 6.42 Å². The molecular weight excluding hydrogens is 237 g/mol. The van der Waals surface area contributed by atoms with Crippen LogP contribution in [0.2, 0.25) is 0 Å². The van der Waals surface area contributed by atoms with Gasteiger partial charge >= 0.3 is 5.97 Å². The summed E-state index contributed by atoms with van der Waals surface area (Å²) in [5, 5.41) is 18.0. The van der Waals surface area contributed by atoms with Crippen LogP contribution in [0.15, 0.2) is 18.2 Å². The van der Waals surface area contributed by atoms with Crippen LogP contribution in [0, 0.1) is 5.82 Å². The Morgan fingerprint density at radius 2 is 2.06 bits per heavy atom. The predicted molar refractivity (Wildman–Crippen MR) is 65.9 cm³/mol. The van der Waals surface area contributed by atoms with Gasteiger partial charge in [0.15, 0.2) is 0 Å². The minimum atomic E-state index is -0.859. The summed E-state index contributed by atoms with van der Waals surface area (Å²) in [6, 6.07) is 4.02. The zero-order valence-electron chi connectivity index (χ0n) is 10.6. The lowest BCUT2D eigenvalue weighted by molar-refractivity contribution is -0.137. The van der Waals surface area contributed by atoms with E-state index in [1.165, 1.54) is 12.1 Å². The number of hydrogen-bond donors (Lipinski definition) is 2. The highest BCUT2D eigenvalue weighted by atomic mass is 19.1. The molecule has 0 aromatic heterocycles. The third kappa shape index (κ3) is 4.71. The van der Waals surface area contributed by atoms with Crippen molar-refractivity contribution in [2.24, 2.45) is 0 Å². The number of aromatic hydroxyl groups is 1. The van der Waals surface area contributed by atoms with Gasteiger partial charge in [-0.3, -0.25) is 9.69 Å². The van der Waals surface area contributed by atoms with E-state index in [-0.39, 0.29) is 18.2 Å². The second kappa shape index (κ2) is 6.35. The van der Waals surface area contributed by atoms with E-state index in [1.54, 1.807) is 0 Å². The van der Waals surface area contributed by atoms with E-state index in [4.69, 9.17) is 5.11 Å². The van der Waals surface area contributed by atoms with E-state index in [1.807, 2.05) is 18.7 Å². The monoisotopic (exact) mass is 255 g/mol. The summed E-state index contributed by atoms with van der Waals surface area (Å²) in [6.45, 7) is 4.70. The number of halogens is 1. The van der Waals surface area contributed by atoms with Crippen LogP contribution in [0.4, 0.5) is 4.39 Å². The molecule has 0 heterocycles. The van der Waals surface area contributed by atoms with Crippen LogP contribution in [0.1, 0.15) is 25.8 Å². The summed E-state index contributed by atoms with van der Waals surface area (Å²) < 4.78 is 13.1. The number of benzene rings is 1. The molecule has 0 fully saturated rings. The first kappa shape index (κ1) is 14.4. The van der Waals surface area contributed by atoms with Crippen molar-refractivity contribution in [2.75, 3.05) is 6.54 Å². The minimum absolute atomic E-state index is 0.0411. The summed E-state index contributed by atoms with van der Waals surface area (Å²) in [7, 11) is 0. The number of hydrogen-bond acceptors (Lipinski definition) is 3. The third-order valence-electron chi connectivity index (χ3n) is 2.67. The fourth-order valence-electron chi connectivity index (χ4n) is 1.72. The number of phenols is 1. The molecule has 4 nitrogen and oxygen atoms in total. The van der Waals surface area contributed by atoms with Gasteiger partial charge in [-0.05, 0) is 31.5 Å². The number of rotatable bonds is 6. The van der Waals surface area contributed by atoms with Crippen molar-refractivity contribution in [1.29, 1.82) is 0 Å². The molecule has 0 unspecified atom stereocenters. The number of nitrogens with zero attached hydrogens (tertiary/aromatic N) is 1. The van der Waals surface area contributed by atoms with Gasteiger partial charge in [-0.2, -0.15) is 0 Å². The van der Waals surface area contributed by atoms with E-state index in [0.29, 0.717) is 18.7 Å². The van der Waals surface area contributed by atoms with Crippen LogP contribution in [-0.4, -0.2) is 33.7 Å². The normalized spacial score (nSPS) is 11.2. The lowest BCUT2D eigenvalue weighted by Gasteiger charge is -2.25. The zero-order chi connectivity index (χ0) is 13.7. The molecule has 5 heteroatoms. The molecule has 0 saturated carbocycles. The highest BCUT2D eigenvalue weighted by molar-refractivity contribution is 5.66. The Hall–Kier alpha value is -1.62. The molecule has 1 aromatic rings. The average Bonchev–Trinajstić information content (AvgIpc) is 2.22. The quantitative estimate of drug-likeness (QED) is 0.818. The Labute approximate surface area is 106 Å². The number of phenolic OH excluding ortho intramolecular Hbond substituents is 1. The van der Waals surface area contributed by atoms with E-state index in [2.05, 4.69) is 0 Å². The Morgan fingerprint density at radius 1 is 1.39 bits per heavy atom. The maximum Gasteiger partial charge on any atom is 0.304 e. The summed E-state index contributed by atoms with van der Waals surface area (Å²) >= 11 is 0. The van der Waals surface area contributed by atoms with E-state index in [9.17, 15) is 14.3 Å². The highest BCUT2D eigenvalue weighted by Crippen LogP contribution is 2.17. The molecule has 100 valence electrons. The molecule has 0 radical (unpaired) electrons. The maximum absolute atomic E-state index is 13.1. The van der Waals surface area contributed by atoms with Gasteiger partial charge in [0.1, 0.15) is 11.6 Å². The first-order valence-electron chi connectivity index (χ1n) is 5.82. The molecule has 1 aromatic carbocycles. The number of carbonyl (C=O) groups is 1. The molecule has 0 aliphatic heterocycles. The largest absolute Gasteiger partial charge is 0.508 e. The molecule has 0 bridgehead atoms. The molecule has 18 heavy (non-hydrogen) atoms. The summed E-state index contributed by atoms with van der Waals surface area (Å²) in [6.07, 6.45) is 0.0411. The van der Waals surface area contributed by atoms with Crippen molar-refractivity contribution in [3.63, 3.8) is 0 Å². The summed E-state index contributed by atoms with van der Waals surface area (Å²) in [4.78, 5) is 12.5. The molecule has 2 N–H and O–H groups in total. The minimum Gasteiger partial charge on any atom is -0.508 e. The van der Waals surface area contributed by atoms with Crippen molar-refractivity contribution in [2.45, 2.75) is 32.9 Å². The molecule has 0 amide bonds. The SMILES string of the molecule is CC(C)N(CCC(=O)O)Cc1cc(O)cc(F)c1. The smallest absolute Gasteiger partial charge is 0.304 e. The molecule has 1 rings (SSSR count). The summed E-state index contributed by atoms with van der Waals surface area (Å²) in [5.74, 6) is -1.47. The first-order valence-corrected chi connectivity index (χ1v) is 5.82. The van der Waals surface area contributed by atoms with Gasteiger partial charge in [0.2, 0.25) is 0 Å². The Morgan fingerprint density at radius 3 is 2.56 bits per heavy atom. The van der Waals surface area contributed by atoms with Crippen LogP contribution in [0.5, 0.6) is 5.75 Å². The van der Waals surface area contributed by atoms with E-state index < -0.39 is 11.8 Å².